The molecule has 0 unspecified atom stereocenters. The zero-order chi connectivity index (χ0) is 19.8. The van der Waals surface area contributed by atoms with E-state index in [-0.39, 0.29) is 0 Å². The molecular formula is C22H22N4O2S. The maximum absolute atomic E-state index is 6.15. The maximum Gasteiger partial charge on any atom is 0.204 e. The molecule has 1 aliphatic heterocycles. The molecule has 29 heavy (non-hydrogen) atoms. The predicted molar refractivity (Wildman–Crippen MR) is 115 cm³/mol. The highest BCUT2D eigenvalue weighted by molar-refractivity contribution is 7.71. The number of benzene rings is 2. The first-order valence-electron chi connectivity index (χ1n) is 9.75. The first kappa shape index (κ1) is 18.3. The Balaban J connectivity index is 1.64. The topological polar surface area (TPSA) is 48.4 Å². The number of para-hydroxylation sites is 1. The number of ether oxygens (including phenoxy) is 1. The minimum atomic E-state index is 0.633. The first-order valence-corrected chi connectivity index (χ1v) is 10.2. The summed E-state index contributed by atoms with van der Waals surface area (Å²) in [5, 5.41) is 5.93. The van der Waals surface area contributed by atoms with Crippen LogP contribution >= 0.6 is 12.2 Å². The van der Waals surface area contributed by atoms with Crippen molar-refractivity contribution in [3.8, 4) is 17.3 Å². The molecule has 0 radical (unpaired) electrons. The Bertz CT molecular complexity index is 1200. The summed E-state index contributed by atoms with van der Waals surface area (Å²) in [5.74, 6) is 1.42. The molecule has 1 aliphatic rings. The van der Waals surface area contributed by atoms with Crippen LogP contribution in [0.2, 0.25) is 0 Å². The lowest BCUT2D eigenvalue weighted by Crippen LogP contribution is -2.37. The van der Waals surface area contributed by atoms with Gasteiger partial charge in [0.15, 0.2) is 5.76 Å². The summed E-state index contributed by atoms with van der Waals surface area (Å²) < 4.78 is 16.1. The summed E-state index contributed by atoms with van der Waals surface area (Å²) in [5.41, 5.74) is 3.01. The molecule has 0 spiro atoms. The van der Waals surface area contributed by atoms with Crippen LogP contribution in [0, 0.1) is 11.7 Å². The summed E-state index contributed by atoms with van der Waals surface area (Å²) in [6, 6.07) is 18.3. The Morgan fingerprint density at radius 2 is 1.83 bits per heavy atom. The quantitative estimate of drug-likeness (QED) is 0.470. The number of fused-ring (bicyclic) bond motifs is 1. The van der Waals surface area contributed by atoms with Gasteiger partial charge in [0.1, 0.15) is 5.58 Å². The van der Waals surface area contributed by atoms with E-state index < -0.39 is 0 Å². The molecule has 148 valence electrons. The maximum atomic E-state index is 6.15. The highest BCUT2D eigenvalue weighted by Gasteiger charge is 2.20. The Morgan fingerprint density at radius 1 is 1.03 bits per heavy atom. The Hall–Kier alpha value is -2.74. The molecule has 4 aromatic rings. The minimum Gasteiger partial charge on any atom is -0.453 e. The van der Waals surface area contributed by atoms with Gasteiger partial charge >= 0.3 is 0 Å². The molecule has 0 atom stereocenters. The van der Waals surface area contributed by atoms with E-state index in [9.17, 15) is 0 Å². The van der Waals surface area contributed by atoms with Crippen molar-refractivity contribution in [2.45, 2.75) is 13.6 Å². The molecule has 3 heterocycles. The first-order chi connectivity index (χ1) is 14.2. The molecule has 2 aromatic carbocycles. The van der Waals surface area contributed by atoms with Crippen molar-refractivity contribution in [1.82, 2.24) is 19.2 Å². The summed E-state index contributed by atoms with van der Waals surface area (Å²) in [6.07, 6.45) is 0. The molecule has 7 heteroatoms. The summed E-state index contributed by atoms with van der Waals surface area (Å²) in [6.45, 7) is 5.94. The zero-order valence-electron chi connectivity index (χ0n) is 16.2. The molecule has 6 nitrogen and oxygen atoms in total. The van der Waals surface area contributed by atoms with E-state index in [1.54, 1.807) is 0 Å². The largest absolute Gasteiger partial charge is 0.453 e. The lowest BCUT2D eigenvalue weighted by atomic mass is 10.2. The average Bonchev–Trinajstić information content (AvgIpc) is 3.30. The number of nitrogens with zero attached hydrogens (tertiary/aromatic N) is 4. The van der Waals surface area contributed by atoms with Crippen LogP contribution in [0.1, 0.15) is 5.56 Å². The van der Waals surface area contributed by atoms with Gasteiger partial charge in [0.25, 0.3) is 0 Å². The third-order valence-electron chi connectivity index (χ3n) is 5.18. The summed E-state index contributed by atoms with van der Waals surface area (Å²) in [4.78, 5) is 2.30. The number of furan rings is 1. The van der Waals surface area contributed by atoms with Crippen molar-refractivity contribution in [2.75, 3.05) is 26.3 Å². The predicted octanol–water partition coefficient (Wildman–Crippen LogP) is 4.41. The Labute approximate surface area is 173 Å². The molecule has 0 amide bonds. The van der Waals surface area contributed by atoms with Crippen LogP contribution in [-0.4, -0.2) is 45.6 Å². The van der Waals surface area contributed by atoms with E-state index in [1.807, 2.05) is 51.7 Å². The van der Waals surface area contributed by atoms with Crippen LogP contribution in [0.5, 0.6) is 0 Å². The molecular weight excluding hydrogens is 384 g/mol. The standard InChI is InChI=1S/C22H22N4O2S/c1-16-7-8-19-17(13-16)14-20(28-19)21-23-25(15-24-9-11-27-12-10-24)22(29)26(21)18-5-3-2-4-6-18/h2-8,13-14H,9-12,15H2,1H3. The fourth-order valence-electron chi connectivity index (χ4n) is 3.67. The fourth-order valence-corrected chi connectivity index (χ4v) is 3.96. The van der Waals surface area contributed by atoms with Crippen LogP contribution in [0.25, 0.3) is 28.2 Å². The Morgan fingerprint density at radius 3 is 2.62 bits per heavy atom. The van der Waals surface area contributed by atoms with Crippen LogP contribution in [0.4, 0.5) is 0 Å². The lowest BCUT2D eigenvalue weighted by Gasteiger charge is -2.26. The monoisotopic (exact) mass is 406 g/mol. The van der Waals surface area contributed by atoms with Gasteiger partial charge in [-0.1, -0.05) is 29.8 Å². The second-order valence-electron chi connectivity index (χ2n) is 7.30. The van der Waals surface area contributed by atoms with E-state index in [2.05, 4.69) is 24.0 Å². The fraction of sp³-hybridized carbons (Fsp3) is 0.273. The van der Waals surface area contributed by atoms with E-state index >= 15 is 0 Å². The lowest BCUT2D eigenvalue weighted by molar-refractivity contribution is 0.0210. The molecule has 0 aliphatic carbocycles. The van der Waals surface area contributed by atoms with Gasteiger partial charge in [-0.15, -0.1) is 5.10 Å². The third kappa shape index (κ3) is 3.53. The minimum absolute atomic E-state index is 0.633. The summed E-state index contributed by atoms with van der Waals surface area (Å²) >= 11 is 5.83. The number of aryl methyl sites for hydroxylation is 1. The van der Waals surface area contributed by atoms with Gasteiger partial charge in [0.2, 0.25) is 10.6 Å². The van der Waals surface area contributed by atoms with Crippen molar-refractivity contribution >= 4 is 23.2 Å². The highest BCUT2D eigenvalue weighted by atomic mass is 32.1. The smallest absolute Gasteiger partial charge is 0.204 e. The molecule has 2 aromatic heterocycles. The third-order valence-corrected chi connectivity index (χ3v) is 5.58. The second-order valence-corrected chi connectivity index (χ2v) is 7.67. The highest BCUT2D eigenvalue weighted by Crippen LogP contribution is 2.29. The van der Waals surface area contributed by atoms with Gasteiger partial charge in [0.05, 0.1) is 25.6 Å². The van der Waals surface area contributed by atoms with Crippen molar-refractivity contribution in [3.63, 3.8) is 0 Å². The number of hydrogen-bond donors (Lipinski definition) is 0. The van der Waals surface area contributed by atoms with Crippen molar-refractivity contribution in [3.05, 3.63) is 64.9 Å². The molecule has 1 saturated heterocycles. The molecule has 0 saturated carbocycles. The molecule has 1 fully saturated rings. The van der Waals surface area contributed by atoms with Crippen LogP contribution in [-0.2, 0) is 11.4 Å². The van der Waals surface area contributed by atoms with Crippen molar-refractivity contribution < 1.29 is 9.15 Å². The van der Waals surface area contributed by atoms with E-state index in [0.717, 1.165) is 43.0 Å². The number of morpholine rings is 1. The van der Waals surface area contributed by atoms with E-state index in [0.29, 0.717) is 23.0 Å². The number of aromatic nitrogens is 3. The zero-order valence-corrected chi connectivity index (χ0v) is 17.1. The second kappa shape index (κ2) is 7.59. The van der Waals surface area contributed by atoms with Gasteiger partial charge in [-0.25, -0.2) is 4.68 Å². The normalized spacial score (nSPS) is 15.2. The van der Waals surface area contributed by atoms with Crippen LogP contribution < -0.4 is 0 Å². The van der Waals surface area contributed by atoms with Crippen LogP contribution in [0.3, 0.4) is 0 Å². The van der Waals surface area contributed by atoms with Crippen molar-refractivity contribution in [2.24, 2.45) is 0 Å². The van der Waals surface area contributed by atoms with Gasteiger partial charge < -0.3 is 9.15 Å². The molecule has 0 bridgehead atoms. The average molecular weight is 407 g/mol. The van der Waals surface area contributed by atoms with Gasteiger partial charge in [-0.2, -0.15) is 0 Å². The molecule has 0 N–H and O–H groups in total. The Kier molecular flexibility index (Phi) is 4.79. The summed E-state index contributed by atoms with van der Waals surface area (Å²) in [7, 11) is 0. The van der Waals surface area contributed by atoms with E-state index in [1.165, 1.54) is 5.56 Å². The van der Waals surface area contributed by atoms with Gasteiger partial charge in [-0.05, 0) is 49.5 Å². The number of rotatable bonds is 4. The van der Waals surface area contributed by atoms with Gasteiger partial charge in [0, 0.05) is 18.5 Å². The SMILES string of the molecule is Cc1ccc2oc(-c3nn(CN4CCOCC4)c(=S)n3-c3ccccc3)cc2c1. The number of hydrogen-bond acceptors (Lipinski definition) is 5. The van der Waals surface area contributed by atoms with E-state index in [4.69, 9.17) is 26.5 Å². The van der Waals surface area contributed by atoms with Crippen LogP contribution in [0.15, 0.2) is 59.0 Å². The molecule has 5 rings (SSSR count). The van der Waals surface area contributed by atoms with Crippen molar-refractivity contribution in [1.29, 1.82) is 0 Å². The van der Waals surface area contributed by atoms with Gasteiger partial charge in [-0.3, -0.25) is 9.47 Å².